The average molecular weight is 315 g/mol. The molecule has 0 bridgehead atoms. The SMILES string of the molecule is CC(C)CC(CNC(=O)c1ccccc1-n1cccn1)C(=O)O. The summed E-state index contributed by atoms with van der Waals surface area (Å²) < 4.78 is 1.61. The highest BCUT2D eigenvalue weighted by molar-refractivity contribution is 5.97. The molecule has 0 radical (unpaired) electrons. The van der Waals surface area contributed by atoms with E-state index in [-0.39, 0.29) is 18.4 Å². The van der Waals surface area contributed by atoms with Crippen molar-refractivity contribution < 1.29 is 14.7 Å². The summed E-state index contributed by atoms with van der Waals surface area (Å²) in [6.07, 6.45) is 3.92. The molecule has 0 saturated carbocycles. The second-order valence-corrected chi connectivity index (χ2v) is 5.84. The van der Waals surface area contributed by atoms with Crippen LogP contribution < -0.4 is 5.32 Å². The van der Waals surface area contributed by atoms with Crippen LogP contribution in [0.4, 0.5) is 0 Å². The molecule has 0 fully saturated rings. The molecule has 2 rings (SSSR count). The summed E-state index contributed by atoms with van der Waals surface area (Å²) in [7, 11) is 0. The summed E-state index contributed by atoms with van der Waals surface area (Å²) in [6, 6.07) is 8.87. The van der Waals surface area contributed by atoms with E-state index in [2.05, 4.69) is 10.4 Å². The molecule has 1 aromatic heterocycles. The van der Waals surface area contributed by atoms with E-state index in [0.717, 1.165) is 0 Å². The Balaban J connectivity index is 2.11. The maximum absolute atomic E-state index is 12.4. The Morgan fingerprint density at radius 2 is 2.00 bits per heavy atom. The first kappa shape index (κ1) is 16.7. The predicted octanol–water partition coefficient (Wildman–Crippen LogP) is 2.35. The van der Waals surface area contributed by atoms with Gasteiger partial charge in [0.2, 0.25) is 0 Å². The van der Waals surface area contributed by atoms with Crippen molar-refractivity contribution in [2.75, 3.05) is 6.54 Å². The van der Waals surface area contributed by atoms with Crippen molar-refractivity contribution in [3.05, 3.63) is 48.3 Å². The average Bonchev–Trinajstić information content (AvgIpc) is 3.04. The van der Waals surface area contributed by atoms with Crippen LogP contribution in [0.25, 0.3) is 5.69 Å². The zero-order valence-electron chi connectivity index (χ0n) is 13.3. The molecule has 2 N–H and O–H groups in total. The molecule has 0 spiro atoms. The topological polar surface area (TPSA) is 84.2 Å². The Hall–Kier alpha value is -2.63. The second kappa shape index (κ2) is 7.58. The van der Waals surface area contributed by atoms with Gasteiger partial charge in [0.1, 0.15) is 0 Å². The predicted molar refractivity (Wildman–Crippen MR) is 86.5 cm³/mol. The third-order valence-corrected chi connectivity index (χ3v) is 3.51. The summed E-state index contributed by atoms with van der Waals surface area (Å²) >= 11 is 0. The standard InChI is InChI=1S/C17H21N3O3/c1-12(2)10-13(17(22)23)11-18-16(21)14-6-3-4-7-15(14)20-9-5-8-19-20/h3-9,12-13H,10-11H2,1-2H3,(H,18,21)(H,22,23). The number of aliphatic carboxylic acids is 1. The molecular formula is C17H21N3O3. The lowest BCUT2D eigenvalue weighted by atomic mass is 9.97. The molecule has 23 heavy (non-hydrogen) atoms. The fraction of sp³-hybridized carbons (Fsp3) is 0.353. The minimum absolute atomic E-state index is 0.111. The van der Waals surface area contributed by atoms with Gasteiger partial charge in [0.25, 0.3) is 5.91 Å². The third kappa shape index (κ3) is 4.42. The van der Waals surface area contributed by atoms with E-state index in [0.29, 0.717) is 17.7 Å². The van der Waals surface area contributed by atoms with Gasteiger partial charge < -0.3 is 10.4 Å². The number of amides is 1. The van der Waals surface area contributed by atoms with Gasteiger partial charge in [-0.3, -0.25) is 9.59 Å². The maximum atomic E-state index is 12.4. The quantitative estimate of drug-likeness (QED) is 0.821. The largest absolute Gasteiger partial charge is 0.481 e. The van der Waals surface area contributed by atoms with Crippen molar-refractivity contribution in [3.8, 4) is 5.69 Å². The van der Waals surface area contributed by atoms with Crippen LogP contribution in [0, 0.1) is 11.8 Å². The molecule has 1 heterocycles. The van der Waals surface area contributed by atoms with Gasteiger partial charge in [-0.25, -0.2) is 4.68 Å². The molecule has 6 nitrogen and oxygen atoms in total. The highest BCUT2D eigenvalue weighted by atomic mass is 16.4. The summed E-state index contributed by atoms with van der Waals surface area (Å²) in [5, 5.41) is 16.1. The number of para-hydroxylation sites is 1. The molecule has 6 heteroatoms. The molecule has 0 aliphatic rings. The van der Waals surface area contributed by atoms with Crippen LogP contribution in [0.5, 0.6) is 0 Å². The third-order valence-electron chi connectivity index (χ3n) is 3.51. The number of benzene rings is 1. The van der Waals surface area contributed by atoms with E-state index < -0.39 is 11.9 Å². The molecule has 0 aliphatic heterocycles. The molecule has 0 aliphatic carbocycles. The fourth-order valence-corrected chi connectivity index (χ4v) is 2.43. The fourth-order valence-electron chi connectivity index (χ4n) is 2.43. The number of hydrogen-bond donors (Lipinski definition) is 2. The Kier molecular flexibility index (Phi) is 5.51. The number of nitrogens with zero attached hydrogens (tertiary/aromatic N) is 2. The van der Waals surface area contributed by atoms with Crippen molar-refractivity contribution in [1.82, 2.24) is 15.1 Å². The zero-order valence-corrected chi connectivity index (χ0v) is 13.3. The number of aromatic nitrogens is 2. The smallest absolute Gasteiger partial charge is 0.308 e. The number of nitrogens with one attached hydrogen (secondary N) is 1. The lowest BCUT2D eigenvalue weighted by Gasteiger charge is -2.16. The highest BCUT2D eigenvalue weighted by Crippen LogP contribution is 2.15. The van der Waals surface area contributed by atoms with Crippen LogP contribution in [0.15, 0.2) is 42.7 Å². The summed E-state index contributed by atoms with van der Waals surface area (Å²) in [5.74, 6) is -1.52. The first-order valence-electron chi connectivity index (χ1n) is 7.59. The van der Waals surface area contributed by atoms with E-state index in [1.807, 2.05) is 19.9 Å². The minimum atomic E-state index is -0.889. The zero-order chi connectivity index (χ0) is 16.8. The first-order valence-corrected chi connectivity index (χ1v) is 7.59. The van der Waals surface area contributed by atoms with Gasteiger partial charge in [-0.15, -0.1) is 0 Å². The van der Waals surface area contributed by atoms with Gasteiger partial charge in [-0.2, -0.15) is 5.10 Å². The van der Waals surface area contributed by atoms with Crippen LogP contribution in [0.3, 0.4) is 0 Å². The van der Waals surface area contributed by atoms with Gasteiger partial charge in [-0.1, -0.05) is 26.0 Å². The van der Waals surface area contributed by atoms with Crippen LogP contribution in [-0.4, -0.2) is 33.3 Å². The van der Waals surface area contributed by atoms with Crippen molar-refractivity contribution >= 4 is 11.9 Å². The van der Waals surface area contributed by atoms with E-state index in [1.54, 1.807) is 41.3 Å². The van der Waals surface area contributed by atoms with Crippen molar-refractivity contribution in [2.45, 2.75) is 20.3 Å². The summed E-state index contributed by atoms with van der Waals surface area (Å²) in [6.45, 7) is 4.04. The molecule has 1 atom stereocenters. The van der Waals surface area contributed by atoms with Crippen LogP contribution in [-0.2, 0) is 4.79 Å². The first-order chi connectivity index (χ1) is 11.0. The summed E-state index contributed by atoms with van der Waals surface area (Å²) in [4.78, 5) is 23.7. The van der Waals surface area contributed by atoms with Gasteiger partial charge >= 0.3 is 5.97 Å². The number of carboxylic acid groups (broad SMARTS) is 1. The molecule has 0 saturated heterocycles. The van der Waals surface area contributed by atoms with Crippen LogP contribution >= 0.6 is 0 Å². The van der Waals surface area contributed by atoms with Crippen molar-refractivity contribution in [2.24, 2.45) is 11.8 Å². The van der Waals surface area contributed by atoms with E-state index in [9.17, 15) is 14.7 Å². The Morgan fingerprint density at radius 1 is 1.26 bits per heavy atom. The summed E-state index contributed by atoms with van der Waals surface area (Å²) in [5.41, 5.74) is 1.12. The van der Waals surface area contributed by atoms with Gasteiger partial charge in [0, 0.05) is 18.9 Å². The number of hydrogen-bond acceptors (Lipinski definition) is 3. The van der Waals surface area contributed by atoms with Gasteiger partial charge in [-0.05, 0) is 30.5 Å². The molecule has 1 aromatic carbocycles. The molecule has 2 aromatic rings. The Labute approximate surface area is 135 Å². The Bertz CT molecular complexity index is 665. The lowest BCUT2D eigenvalue weighted by Crippen LogP contribution is -2.34. The highest BCUT2D eigenvalue weighted by Gasteiger charge is 2.21. The van der Waals surface area contributed by atoms with Gasteiger partial charge in [0.15, 0.2) is 0 Å². The molecular weight excluding hydrogens is 294 g/mol. The van der Waals surface area contributed by atoms with Crippen molar-refractivity contribution in [1.29, 1.82) is 0 Å². The minimum Gasteiger partial charge on any atom is -0.481 e. The Morgan fingerprint density at radius 3 is 2.61 bits per heavy atom. The maximum Gasteiger partial charge on any atom is 0.308 e. The number of rotatable bonds is 7. The molecule has 1 unspecified atom stereocenters. The van der Waals surface area contributed by atoms with E-state index in [1.165, 1.54) is 0 Å². The number of carboxylic acids is 1. The lowest BCUT2D eigenvalue weighted by molar-refractivity contribution is -0.142. The monoisotopic (exact) mass is 315 g/mol. The second-order valence-electron chi connectivity index (χ2n) is 5.84. The van der Waals surface area contributed by atoms with Crippen LogP contribution in [0.2, 0.25) is 0 Å². The normalized spacial score (nSPS) is 12.1. The number of carbonyl (C=O) groups is 2. The van der Waals surface area contributed by atoms with Gasteiger partial charge in [0.05, 0.1) is 17.2 Å². The molecule has 1 amide bonds. The van der Waals surface area contributed by atoms with Crippen molar-refractivity contribution in [3.63, 3.8) is 0 Å². The van der Waals surface area contributed by atoms with E-state index in [4.69, 9.17) is 0 Å². The molecule has 122 valence electrons. The van der Waals surface area contributed by atoms with Crippen LogP contribution in [0.1, 0.15) is 30.6 Å². The van der Waals surface area contributed by atoms with E-state index >= 15 is 0 Å². The number of carbonyl (C=O) groups excluding carboxylic acids is 1.